The summed E-state index contributed by atoms with van der Waals surface area (Å²) in [6.07, 6.45) is -4.61. The Hall–Kier alpha value is -3.33. The molecule has 150 valence electrons. The molecule has 0 aliphatic rings. The first kappa shape index (κ1) is 20.4. The van der Waals surface area contributed by atoms with Gasteiger partial charge in [-0.25, -0.2) is 4.98 Å². The van der Waals surface area contributed by atoms with Gasteiger partial charge in [-0.2, -0.15) is 13.2 Å². The first-order valence-corrected chi connectivity index (χ1v) is 8.45. The number of carbonyl (C=O) groups excluding carboxylic acids is 1. The minimum Gasteiger partial charge on any atom is -0.505 e. The van der Waals surface area contributed by atoms with Gasteiger partial charge in [0, 0.05) is 16.0 Å². The van der Waals surface area contributed by atoms with Crippen molar-refractivity contribution in [1.29, 1.82) is 0 Å². The van der Waals surface area contributed by atoms with Crippen LogP contribution in [-0.2, 0) is 11.0 Å². The summed E-state index contributed by atoms with van der Waals surface area (Å²) in [5.74, 6) is -3.00. The highest BCUT2D eigenvalue weighted by molar-refractivity contribution is 6.31. The van der Waals surface area contributed by atoms with Crippen molar-refractivity contribution in [3.63, 3.8) is 0 Å². The Morgan fingerprint density at radius 3 is 2.52 bits per heavy atom. The van der Waals surface area contributed by atoms with Gasteiger partial charge in [0.15, 0.2) is 11.4 Å². The molecule has 3 N–H and O–H groups in total. The summed E-state index contributed by atoms with van der Waals surface area (Å²) in [5, 5.41) is 21.9. The van der Waals surface area contributed by atoms with Crippen molar-refractivity contribution in [3.8, 4) is 16.9 Å². The second kappa shape index (κ2) is 7.59. The van der Waals surface area contributed by atoms with E-state index in [1.165, 1.54) is 30.3 Å². The molecule has 0 fully saturated rings. The summed E-state index contributed by atoms with van der Waals surface area (Å²) in [6, 6.07) is 8.52. The highest BCUT2D eigenvalue weighted by atomic mass is 35.5. The quantitative estimate of drug-likeness (QED) is 0.585. The Bertz CT molecular complexity index is 1130. The lowest BCUT2D eigenvalue weighted by Crippen LogP contribution is -2.30. The van der Waals surface area contributed by atoms with Crippen LogP contribution in [0, 0.1) is 0 Å². The van der Waals surface area contributed by atoms with Crippen LogP contribution in [0.15, 0.2) is 42.5 Å². The Balaban J connectivity index is 2.26. The molecule has 1 heterocycles. The number of fused-ring (bicyclic) bond motifs is 1. The number of aromatic hydroxyl groups is 1. The van der Waals surface area contributed by atoms with Crippen LogP contribution in [0.2, 0.25) is 5.02 Å². The minimum absolute atomic E-state index is 0.000618. The second-order valence-electron chi connectivity index (χ2n) is 6.00. The first-order valence-electron chi connectivity index (χ1n) is 8.08. The third-order valence-electron chi connectivity index (χ3n) is 4.02. The molecule has 1 amide bonds. The Labute approximate surface area is 166 Å². The molecular weight excluding hydrogens is 413 g/mol. The Kier molecular flexibility index (Phi) is 5.34. The van der Waals surface area contributed by atoms with E-state index in [2.05, 4.69) is 10.3 Å². The van der Waals surface area contributed by atoms with Crippen molar-refractivity contribution in [3.05, 3.63) is 58.7 Å². The molecule has 0 atom stereocenters. The third kappa shape index (κ3) is 4.24. The van der Waals surface area contributed by atoms with E-state index in [1.807, 2.05) is 0 Å². The van der Waals surface area contributed by atoms with E-state index in [1.54, 1.807) is 0 Å². The normalized spacial score (nSPS) is 11.4. The van der Waals surface area contributed by atoms with Crippen molar-refractivity contribution in [2.45, 2.75) is 6.18 Å². The number of hydrogen-bond donors (Lipinski definition) is 3. The number of nitrogens with one attached hydrogen (secondary N) is 1. The number of carboxylic acid groups (broad SMARTS) is 1. The zero-order valence-corrected chi connectivity index (χ0v) is 15.2. The molecule has 0 radical (unpaired) electrons. The van der Waals surface area contributed by atoms with Gasteiger partial charge >= 0.3 is 12.1 Å². The molecule has 0 aliphatic heterocycles. The van der Waals surface area contributed by atoms with Gasteiger partial charge in [-0.3, -0.25) is 9.59 Å². The Morgan fingerprint density at radius 1 is 1.14 bits per heavy atom. The molecule has 0 aliphatic carbocycles. The summed E-state index contributed by atoms with van der Waals surface area (Å²) >= 11 is 5.95. The van der Waals surface area contributed by atoms with E-state index < -0.39 is 41.6 Å². The van der Waals surface area contributed by atoms with Gasteiger partial charge < -0.3 is 15.5 Å². The van der Waals surface area contributed by atoms with Gasteiger partial charge in [0.1, 0.15) is 6.54 Å². The Morgan fingerprint density at radius 2 is 1.86 bits per heavy atom. The number of hydrogen-bond acceptors (Lipinski definition) is 4. The average Bonchev–Trinajstić information content (AvgIpc) is 2.65. The van der Waals surface area contributed by atoms with Crippen LogP contribution in [0.5, 0.6) is 5.75 Å². The predicted molar refractivity (Wildman–Crippen MR) is 98.8 cm³/mol. The second-order valence-corrected chi connectivity index (χ2v) is 6.44. The summed E-state index contributed by atoms with van der Waals surface area (Å²) in [7, 11) is 0. The molecule has 29 heavy (non-hydrogen) atoms. The molecule has 1 aromatic heterocycles. The number of alkyl halides is 3. The number of carbonyl (C=O) groups is 2. The number of rotatable bonds is 4. The smallest absolute Gasteiger partial charge is 0.416 e. The van der Waals surface area contributed by atoms with Crippen LogP contribution < -0.4 is 5.32 Å². The molecular formula is C19H12ClF3N2O4. The maximum atomic E-state index is 13.1. The maximum Gasteiger partial charge on any atom is 0.416 e. The minimum atomic E-state index is -4.61. The fraction of sp³-hybridized carbons (Fsp3) is 0.105. The van der Waals surface area contributed by atoms with Crippen LogP contribution in [0.4, 0.5) is 13.2 Å². The molecule has 3 aromatic rings. The lowest BCUT2D eigenvalue weighted by molar-refractivity contribution is -0.137. The monoisotopic (exact) mass is 424 g/mol. The van der Waals surface area contributed by atoms with Gasteiger partial charge in [-0.05, 0) is 29.8 Å². The molecule has 0 spiro atoms. The number of aliphatic carboxylic acids is 1. The number of carboxylic acids is 1. The molecule has 0 saturated carbocycles. The molecule has 3 rings (SSSR count). The van der Waals surface area contributed by atoms with Crippen molar-refractivity contribution >= 4 is 34.4 Å². The summed E-state index contributed by atoms with van der Waals surface area (Å²) < 4.78 is 39.4. The highest BCUT2D eigenvalue weighted by Gasteiger charge is 2.31. The van der Waals surface area contributed by atoms with E-state index in [9.17, 15) is 27.9 Å². The van der Waals surface area contributed by atoms with E-state index in [4.69, 9.17) is 16.7 Å². The van der Waals surface area contributed by atoms with Crippen LogP contribution in [0.25, 0.3) is 22.0 Å². The molecule has 10 heteroatoms. The van der Waals surface area contributed by atoms with E-state index in [0.717, 1.165) is 12.1 Å². The molecule has 0 unspecified atom stereocenters. The lowest BCUT2D eigenvalue weighted by atomic mass is 9.97. The van der Waals surface area contributed by atoms with E-state index in [-0.39, 0.29) is 27.1 Å². The molecule has 0 bridgehead atoms. The highest BCUT2D eigenvalue weighted by Crippen LogP contribution is 2.40. The lowest BCUT2D eigenvalue weighted by Gasteiger charge is -2.15. The first-order chi connectivity index (χ1) is 13.6. The SMILES string of the molecule is O=C(O)CNC(=O)c1nc2cc(Cl)ccc2c(-c2cccc(C(F)(F)F)c2)c1O. The summed E-state index contributed by atoms with van der Waals surface area (Å²) in [6.45, 7) is -0.730. The standard InChI is InChI=1S/C19H12ClF3N2O4/c20-11-4-5-12-13(7-11)25-16(18(29)24-8-14(26)27)17(28)15(12)9-2-1-3-10(6-9)19(21,22)23/h1-7,28H,8H2,(H,24,29)(H,26,27). The molecule has 6 nitrogen and oxygen atoms in total. The zero-order chi connectivity index (χ0) is 21.3. The average molecular weight is 425 g/mol. The number of benzene rings is 2. The summed E-state index contributed by atoms with van der Waals surface area (Å²) in [4.78, 5) is 27.0. The van der Waals surface area contributed by atoms with Crippen molar-refractivity contribution in [1.82, 2.24) is 10.3 Å². The predicted octanol–water partition coefficient (Wildman–Crippen LogP) is 4.09. The number of aromatic nitrogens is 1. The third-order valence-corrected chi connectivity index (χ3v) is 4.25. The molecule has 0 saturated heterocycles. The summed E-state index contributed by atoms with van der Waals surface area (Å²) in [5.41, 5.74) is -1.39. The van der Waals surface area contributed by atoms with E-state index >= 15 is 0 Å². The fourth-order valence-corrected chi connectivity index (χ4v) is 2.94. The van der Waals surface area contributed by atoms with Crippen LogP contribution in [0.3, 0.4) is 0 Å². The van der Waals surface area contributed by atoms with Gasteiger partial charge in [0.25, 0.3) is 5.91 Å². The molecule has 2 aromatic carbocycles. The van der Waals surface area contributed by atoms with Crippen LogP contribution in [-0.4, -0.2) is 33.6 Å². The van der Waals surface area contributed by atoms with Crippen LogP contribution >= 0.6 is 11.6 Å². The maximum absolute atomic E-state index is 13.1. The number of nitrogens with zero attached hydrogens (tertiary/aromatic N) is 1. The van der Waals surface area contributed by atoms with Crippen molar-refractivity contribution in [2.75, 3.05) is 6.54 Å². The van der Waals surface area contributed by atoms with Crippen molar-refractivity contribution < 1.29 is 33.0 Å². The van der Waals surface area contributed by atoms with Crippen molar-refractivity contribution in [2.24, 2.45) is 0 Å². The van der Waals surface area contributed by atoms with Gasteiger partial charge in [0.2, 0.25) is 0 Å². The van der Waals surface area contributed by atoms with Crippen LogP contribution in [0.1, 0.15) is 16.1 Å². The largest absolute Gasteiger partial charge is 0.505 e. The van der Waals surface area contributed by atoms with Gasteiger partial charge in [0.05, 0.1) is 11.1 Å². The van der Waals surface area contributed by atoms with Gasteiger partial charge in [-0.15, -0.1) is 0 Å². The zero-order valence-electron chi connectivity index (χ0n) is 14.4. The number of pyridine rings is 1. The van der Waals surface area contributed by atoms with E-state index in [0.29, 0.717) is 0 Å². The number of amides is 1. The fourth-order valence-electron chi connectivity index (χ4n) is 2.77. The number of halogens is 4. The topological polar surface area (TPSA) is 99.5 Å². The van der Waals surface area contributed by atoms with Gasteiger partial charge in [-0.1, -0.05) is 29.8 Å².